The van der Waals surface area contributed by atoms with Crippen molar-refractivity contribution >= 4 is 109 Å². The number of hydrogen-bond acceptors (Lipinski definition) is 3. The third-order valence-electron chi connectivity index (χ3n) is 26.7. The molecule has 0 unspecified atom stereocenters. The fourth-order valence-electron chi connectivity index (χ4n) is 21.3. The zero-order chi connectivity index (χ0) is 81.6. The molecule has 0 N–H and O–H groups in total. The van der Waals surface area contributed by atoms with E-state index in [2.05, 4.69) is 447 Å². The fourth-order valence-corrected chi connectivity index (χ4v) is 21.3. The van der Waals surface area contributed by atoms with Crippen LogP contribution in [0.5, 0.6) is 0 Å². The average Bonchev–Trinajstić information content (AvgIpc) is 1.59. The molecule has 25 aromatic rings. The summed E-state index contributed by atoms with van der Waals surface area (Å²) in [7, 11) is 0. The molecule has 0 saturated carbocycles. The number of nitrogens with zero attached hydrogens (tertiary/aromatic N) is 8. The van der Waals surface area contributed by atoms with Gasteiger partial charge < -0.3 is 4.57 Å². The average molecular weight is 1590 g/mol. The minimum absolute atomic E-state index is 0.570. The molecule has 0 fully saturated rings. The fraction of sp³-hybridized carbons (Fsp3) is 0. The summed E-state index contributed by atoms with van der Waals surface area (Å²) < 4.78 is 11.9. The van der Waals surface area contributed by atoms with Crippen molar-refractivity contribution in [1.29, 1.82) is 0 Å². The van der Waals surface area contributed by atoms with Gasteiger partial charge in [-0.3, -0.25) is 18.3 Å². The largest absolute Gasteiger partial charge is 0.309 e. The summed E-state index contributed by atoms with van der Waals surface area (Å²) >= 11 is 0. The summed E-state index contributed by atoms with van der Waals surface area (Å²) in [4.78, 5) is 17.7. The lowest BCUT2D eigenvalue weighted by molar-refractivity contribution is 0.951. The summed E-state index contributed by atoms with van der Waals surface area (Å²) in [5, 5.41) is 11.5. The van der Waals surface area contributed by atoms with E-state index in [0.29, 0.717) is 5.95 Å². The Hall–Kier alpha value is -16.8. The van der Waals surface area contributed by atoms with Gasteiger partial charge in [-0.25, -0.2) is 9.97 Å². The summed E-state index contributed by atoms with van der Waals surface area (Å²) in [6.45, 7) is 0. The van der Waals surface area contributed by atoms with Gasteiger partial charge in [0.25, 0.3) is 0 Å². The molecule has 578 valence electrons. The van der Waals surface area contributed by atoms with Crippen molar-refractivity contribution in [2.75, 3.05) is 0 Å². The van der Waals surface area contributed by atoms with Gasteiger partial charge in [-0.2, -0.15) is 4.98 Å². The van der Waals surface area contributed by atoms with E-state index in [-0.39, 0.29) is 0 Å². The molecule has 0 radical (unpaired) electrons. The Morgan fingerprint density at radius 2 is 0.384 bits per heavy atom. The van der Waals surface area contributed by atoms with Gasteiger partial charge in [0, 0.05) is 65.5 Å². The van der Waals surface area contributed by atoms with Gasteiger partial charge in [-0.15, -0.1) is 0 Å². The Morgan fingerprint density at radius 3 is 0.744 bits per heavy atom. The van der Waals surface area contributed by atoms with Crippen LogP contribution in [0.15, 0.2) is 425 Å². The molecule has 18 aromatic carbocycles. The Morgan fingerprint density at radius 1 is 0.136 bits per heavy atom. The molecule has 0 amide bonds. The summed E-state index contributed by atoms with van der Waals surface area (Å²) in [5.74, 6) is 2.98. The first kappa shape index (κ1) is 69.0. The lowest BCUT2D eigenvalue weighted by Gasteiger charge is -2.26. The predicted molar refractivity (Wildman–Crippen MR) is 518 cm³/mol. The van der Waals surface area contributed by atoms with Crippen molar-refractivity contribution in [3.8, 4) is 152 Å². The van der Waals surface area contributed by atoms with Crippen molar-refractivity contribution in [3.63, 3.8) is 0 Å². The summed E-state index contributed by atoms with van der Waals surface area (Å²) in [6.07, 6.45) is 0. The number of rotatable bonds is 8. The third kappa shape index (κ3) is 10.2. The number of pyridine rings is 1. The number of fused-ring (bicyclic) bond motifs is 31. The van der Waals surface area contributed by atoms with Gasteiger partial charge in [0.15, 0.2) is 0 Å². The van der Waals surface area contributed by atoms with E-state index in [4.69, 9.17) is 15.0 Å². The molecule has 8 nitrogen and oxygen atoms in total. The zero-order valence-electron chi connectivity index (χ0n) is 67.5. The molecule has 2 aliphatic rings. The normalized spacial score (nSPS) is 12.2. The second-order valence-electron chi connectivity index (χ2n) is 33.2. The smallest absolute Gasteiger partial charge is 0.237 e. The minimum atomic E-state index is 0.570. The molecule has 2 aliphatic carbocycles. The van der Waals surface area contributed by atoms with Gasteiger partial charge in [-0.05, 0) is 214 Å². The maximum atomic E-state index is 5.98. The van der Waals surface area contributed by atoms with Crippen LogP contribution >= 0.6 is 0 Å². The van der Waals surface area contributed by atoms with Crippen LogP contribution in [0.2, 0.25) is 0 Å². The molecule has 0 spiro atoms. The molecule has 7 heterocycles. The Bertz CT molecular complexity index is 8610. The first-order valence-corrected chi connectivity index (χ1v) is 42.9. The lowest BCUT2D eigenvalue weighted by Crippen LogP contribution is -2.09. The highest BCUT2D eigenvalue weighted by atomic mass is 15.2. The van der Waals surface area contributed by atoms with Gasteiger partial charge in [0.05, 0.1) is 66.5 Å². The predicted octanol–water partition coefficient (Wildman–Crippen LogP) is 30.3. The highest BCUT2D eigenvalue weighted by molar-refractivity contribution is 6.16. The Balaban J connectivity index is 0.661. The second-order valence-corrected chi connectivity index (χ2v) is 33.2. The highest BCUT2D eigenvalue weighted by Gasteiger charge is 2.31. The van der Waals surface area contributed by atoms with Crippen LogP contribution in [0.3, 0.4) is 0 Å². The number of aromatic nitrogens is 8. The van der Waals surface area contributed by atoms with E-state index in [1.165, 1.54) is 66.1 Å². The van der Waals surface area contributed by atoms with Crippen molar-refractivity contribution in [2.45, 2.75) is 0 Å². The maximum absolute atomic E-state index is 5.98. The minimum Gasteiger partial charge on any atom is -0.309 e. The van der Waals surface area contributed by atoms with E-state index >= 15 is 0 Å². The van der Waals surface area contributed by atoms with Gasteiger partial charge in [0.2, 0.25) is 5.95 Å². The zero-order valence-corrected chi connectivity index (χ0v) is 67.5. The van der Waals surface area contributed by atoms with Crippen molar-refractivity contribution in [2.24, 2.45) is 0 Å². The molecule has 0 atom stereocenters. The first-order valence-electron chi connectivity index (χ1n) is 42.9. The van der Waals surface area contributed by atoms with E-state index in [9.17, 15) is 0 Å². The molecule has 125 heavy (non-hydrogen) atoms. The highest BCUT2D eigenvalue weighted by Crippen LogP contribution is 2.54. The van der Waals surface area contributed by atoms with Crippen LogP contribution in [0.1, 0.15) is 0 Å². The van der Waals surface area contributed by atoms with Gasteiger partial charge in [-0.1, -0.05) is 315 Å². The van der Waals surface area contributed by atoms with Crippen LogP contribution in [-0.2, 0) is 0 Å². The molecule has 0 saturated heterocycles. The van der Waals surface area contributed by atoms with Gasteiger partial charge in [0.1, 0.15) is 17.5 Å². The standard InChI is InChI=1S/C117H70N8/c1-2-30-76-75(29-1)77-31-3-4-33-79(77)85-61-58-73(64-97(85)81-35-7-5-32-78(76)81)74-66-114(122-105-50-22-13-41-89(105)90-42-14-23-51-106(90)122)119-115(67-74)124-109-54-26-19-47-95(109)100-65-72(59-62-112(100)124)71-57-60-86-80-34-6-8-36-82(80)99-69-113(121-103-48-20-11-39-87(103)88-40-12-21-49-104(88)121)101(68-98(99)84-38-10-9-37-83(84)96(86)63-71)102-70-116(123-107-52-24-15-43-91(107)92-44-16-25-53-108(92)123)120-117(118-102)125-110-55-27-17-45-93(110)94-46-18-28-56-111(94)125/h1-70H. The summed E-state index contributed by atoms with van der Waals surface area (Å²) in [6, 6.07) is 157. The van der Waals surface area contributed by atoms with Crippen LogP contribution in [-0.4, -0.2) is 37.8 Å². The van der Waals surface area contributed by atoms with E-state index < -0.39 is 0 Å². The van der Waals surface area contributed by atoms with Crippen molar-refractivity contribution < 1.29 is 0 Å². The topological polar surface area (TPSA) is 63.3 Å². The second kappa shape index (κ2) is 26.8. The van der Waals surface area contributed by atoms with Gasteiger partial charge >= 0.3 is 0 Å². The molecule has 27 rings (SSSR count). The molecule has 0 bridgehead atoms. The van der Waals surface area contributed by atoms with E-state index in [1.54, 1.807) is 0 Å². The number of para-hydroxylation sites is 9. The van der Waals surface area contributed by atoms with Crippen LogP contribution < -0.4 is 0 Å². The molecule has 8 heteroatoms. The quantitative estimate of drug-likeness (QED) is 0.152. The lowest BCUT2D eigenvalue weighted by atomic mass is 9.79. The van der Waals surface area contributed by atoms with Crippen LogP contribution in [0.4, 0.5) is 0 Å². The third-order valence-corrected chi connectivity index (χ3v) is 26.7. The van der Waals surface area contributed by atoms with Crippen LogP contribution in [0, 0.1) is 0 Å². The Kier molecular flexibility index (Phi) is 14.8. The van der Waals surface area contributed by atoms with Crippen molar-refractivity contribution in [1.82, 2.24) is 37.8 Å². The SMILES string of the molecule is c1ccc2c(c1)-c1ccccc1-c1ccc(-c3cc(-n4c5ccccc5c5ccccc54)nc(-n4c5ccccc5c5cc(-c6ccc7c(c6)-c6ccccc6-c6cc(-c8cc(-n9c%10ccccc%10c%10ccccc%109)nc(-n9c%10ccccc%10c%10ccccc%109)n8)c(-n8c9ccccc9c9ccccc98)cc6-c6ccccc6-7)ccc54)c3)cc1-c1ccccc1-2. The molecular weight excluding hydrogens is 1520 g/mol. The first-order chi connectivity index (χ1) is 62.0. The number of benzene rings is 18. The van der Waals surface area contributed by atoms with E-state index in [1.807, 2.05) is 0 Å². The molecular formula is C117H70N8. The number of hydrogen-bond donors (Lipinski definition) is 0. The monoisotopic (exact) mass is 1590 g/mol. The Labute approximate surface area is 718 Å². The molecule has 0 aliphatic heterocycles. The summed E-state index contributed by atoms with van der Waals surface area (Å²) in [5.41, 5.74) is 36.5. The molecule has 7 aromatic heterocycles. The van der Waals surface area contributed by atoms with Crippen LogP contribution in [0.25, 0.3) is 261 Å². The van der Waals surface area contributed by atoms with Crippen molar-refractivity contribution in [3.05, 3.63) is 425 Å². The van der Waals surface area contributed by atoms with E-state index in [0.717, 1.165) is 189 Å². The maximum Gasteiger partial charge on any atom is 0.237 e.